The van der Waals surface area contributed by atoms with Gasteiger partial charge < -0.3 is 4.74 Å². The van der Waals surface area contributed by atoms with Gasteiger partial charge in [0.05, 0.1) is 6.61 Å². The average Bonchev–Trinajstić information content (AvgIpc) is 2.15. The fraction of sp³-hybridized carbons (Fsp3) is 0.333. The summed E-state index contributed by atoms with van der Waals surface area (Å²) in [6.45, 7) is 0.385. The van der Waals surface area contributed by atoms with Crippen molar-refractivity contribution in [1.29, 1.82) is 0 Å². The van der Waals surface area contributed by atoms with Crippen molar-refractivity contribution in [2.24, 2.45) is 5.14 Å². The number of nitrogens with two attached hydrogens (primary N) is 1. The quantitative estimate of drug-likeness (QED) is 0.854. The van der Waals surface area contributed by atoms with Gasteiger partial charge in [0, 0.05) is 16.5 Å². The second kappa shape index (κ2) is 3.77. The summed E-state index contributed by atoms with van der Waals surface area (Å²) in [5.41, 5.74) is 0.637. The van der Waals surface area contributed by atoms with Crippen molar-refractivity contribution in [3.8, 4) is 5.75 Å². The first kappa shape index (κ1) is 10.9. The van der Waals surface area contributed by atoms with Crippen molar-refractivity contribution in [2.45, 2.75) is 11.7 Å². The van der Waals surface area contributed by atoms with E-state index in [0.29, 0.717) is 24.3 Å². The zero-order chi connectivity index (χ0) is 11.1. The van der Waals surface area contributed by atoms with Gasteiger partial charge in [0.25, 0.3) is 0 Å². The average molecular weight is 292 g/mol. The number of ether oxygens (including phenoxy) is 1. The molecule has 0 spiro atoms. The van der Waals surface area contributed by atoms with Gasteiger partial charge in [-0.3, -0.25) is 0 Å². The van der Waals surface area contributed by atoms with E-state index in [4.69, 9.17) is 9.88 Å². The number of sulfonamides is 1. The van der Waals surface area contributed by atoms with E-state index in [0.717, 1.165) is 4.47 Å². The van der Waals surface area contributed by atoms with Gasteiger partial charge >= 0.3 is 0 Å². The zero-order valence-corrected chi connectivity index (χ0v) is 10.2. The number of benzene rings is 1. The van der Waals surface area contributed by atoms with Gasteiger partial charge in [0.15, 0.2) is 0 Å². The van der Waals surface area contributed by atoms with E-state index in [9.17, 15) is 8.42 Å². The number of halogens is 1. The third-order valence-corrected chi connectivity index (χ3v) is 4.13. The van der Waals surface area contributed by atoms with Crippen LogP contribution in [-0.2, 0) is 10.0 Å². The Hall–Kier alpha value is -0.590. The van der Waals surface area contributed by atoms with Gasteiger partial charge in [-0.2, -0.15) is 0 Å². The molecular formula is C9H10BrNO3S. The molecule has 82 valence electrons. The van der Waals surface area contributed by atoms with E-state index >= 15 is 0 Å². The number of rotatable bonds is 1. The lowest BCUT2D eigenvalue weighted by atomic mass is 10.1. The molecule has 6 heteroatoms. The topological polar surface area (TPSA) is 69.4 Å². The minimum atomic E-state index is -3.56. The van der Waals surface area contributed by atoms with E-state index in [1.54, 1.807) is 12.1 Å². The minimum absolute atomic E-state index is 0.385. The molecule has 0 fully saturated rings. The minimum Gasteiger partial charge on any atom is -0.493 e. The zero-order valence-electron chi connectivity index (χ0n) is 7.81. The molecule has 1 aliphatic heterocycles. The van der Waals surface area contributed by atoms with Crippen LogP contribution >= 0.6 is 15.9 Å². The first-order chi connectivity index (χ1) is 6.98. The van der Waals surface area contributed by atoms with Crippen LogP contribution in [0.1, 0.15) is 17.2 Å². The molecule has 1 atom stereocenters. The molecule has 0 saturated heterocycles. The highest BCUT2D eigenvalue weighted by Gasteiger charge is 2.30. The molecule has 1 aromatic rings. The molecule has 1 aliphatic rings. The first-order valence-electron chi connectivity index (χ1n) is 4.42. The lowest BCUT2D eigenvalue weighted by Gasteiger charge is -2.24. The van der Waals surface area contributed by atoms with Crippen molar-refractivity contribution < 1.29 is 13.2 Å². The summed E-state index contributed by atoms with van der Waals surface area (Å²) >= 11 is 3.29. The normalized spacial score (nSPS) is 20.5. The van der Waals surface area contributed by atoms with E-state index in [1.165, 1.54) is 0 Å². The molecular weight excluding hydrogens is 282 g/mol. The van der Waals surface area contributed by atoms with Gasteiger partial charge in [-0.05, 0) is 18.2 Å². The molecule has 0 aromatic heterocycles. The SMILES string of the molecule is NS(=O)(=O)[C@H]1CCOc2ccc(Br)cc21. The largest absolute Gasteiger partial charge is 0.493 e. The Morgan fingerprint density at radius 2 is 2.20 bits per heavy atom. The highest BCUT2D eigenvalue weighted by molar-refractivity contribution is 9.10. The van der Waals surface area contributed by atoms with Crippen molar-refractivity contribution in [3.63, 3.8) is 0 Å². The molecule has 0 bridgehead atoms. The second-order valence-electron chi connectivity index (χ2n) is 3.40. The molecule has 15 heavy (non-hydrogen) atoms. The van der Waals surface area contributed by atoms with Gasteiger partial charge in [0.2, 0.25) is 10.0 Å². The number of hydrogen-bond donors (Lipinski definition) is 1. The maximum Gasteiger partial charge on any atom is 0.216 e. The fourth-order valence-corrected chi connectivity index (χ4v) is 3.02. The van der Waals surface area contributed by atoms with E-state index in [1.807, 2.05) is 6.07 Å². The molecule has 1 aromatic carbocycles. The van der Waals surface area contributed by atoms with Crippen LogP contribution in [0.4, 0.5) is 0 Å². The van der Waals surface area contributed by atoms with Crippen LogP contribution in [-0.4, -0.2) is 15.0 Å². The van der Waals surface area contributed by atoms with E-state index in [2.05, 4.69) is 15.9 Å². The van der Waals surface area contributed by atoms with Crippen LogP contribution in [0.2, 0.25) is 0 Å². The molecule has 0 amide bonds. The van der Waals surface area contributed by atoms with Crippen molar-refractivity contribution in [2.75, 3.05) is 6.61 Å². The molecule has 0 saturated carbocycles. The fourth-order valence-electron chi connectivity index (χ4n) is 1.68. The molecule has 2 N–H and O–H groups in total. The highest BCUT2D eigenvalue weighted by Crippen LogP contribution is 2.37. The summed E-state index contributed by atoms with van der Waals surface area (Å²) in [5, 5.41) is 4.52. The van der Waals surface area contributed by atoms with Gasteiger partial charge in [-0.25, -0.2) is 13.6 Å². The Morgan fingerprint density at radius 1 is 1.47 bits per heavy atom. The maximum atomic E-state index is 11.4. The number of primary sulfonamides is 1. The predicted molar refractivity (Wildman–Crippen MR) is 60.1 cm³/mol. The summed E-state index contributed by atoms with van der Waals surface area (Å²) < 4.78 is 28.9. The predicted octanol–water partition coefficient (Wildman–Crippen LogP) is 1.56. The summed E-state index contributed by atoms with van der Waals surface area (Å²) in [6, 6.07) is 5.30. The summed E-state index contributed by atoms with van der Waals surface area (Å²) in [4.78, 5) is 0. The molecule has 0 radical (unpaired) electrons. The highest BCUT2D eigenvalue weighted by atomic mass is 79.9. The van der Waals surface area contributed by atoms with Crippen LogP contribution in [0.25, 0.3) is 0 Å². The van der Waals surface area contributed by atoms with Crippen molar-refractivity contribution >= 4 is 26.0 Å². The molecule has 2 rings (SSSR count). The molecule has 1 heterocycles. The number of hydrogen-bond acceptors (Lipinski definition) is 3. The van der Waals surface area contributed by atoms with Gasteiger partial charge in [-0.1, -0.05) is 15.9 Å². The molecule has 4 nitrogen and oxygen atoms in total. The van der Waals surface area contributed by atoms with Crippen molar-refractivity contribution in [1.82, 2.24) is 0 Å². The Bertz CT molecular complexity index is 486. The van der Waals surface area contributed by atoms with Crippen LogP contribution in [0.3, 0.4) is 0 Å². The summed E-state index contributed by atoms with van der Waals surface area (Å²) in [7, 11) is -3.56. The lowest BCUT2D eigenvalue weighted by Crippen LogP contribution is -2.26. The summed E-state index contributed by atoms with van der Waals surface area (Å²) in [5.74, 6) is 0.600. The van der Waals surface area contributed by atoms with Gasteiger partial charge in [-0.15, -0.1) is 0 Å². The van der Waals surface area contributed by atoms with E-state index in [-0.39, 0.29) is 0 Å². The van der Waals surface area contributed by atoms with Crippen molar-refractivity contribution in [3.05, 3.63) is 28.2 Å². The van der Waals surface area contributed by atoms with Crippen LogP contribution in [0.15, 0.2) is 22.7 Å². The smallest absolute Gasteiger partial charge is 0.216 e. The molecule has 0 unspecified atom stereocenters. The lowest BCUT2D eigenvalue weighted by molar-refractivity contribution is 0.283. The van der Waals surface area contributed by atoms with Crippen LogP contribution < -0.4 is 9.88 Å². The standard InChI is InChI=1S/C9H10BrNO3S/c10-6-1-2-8-7(5-6)9(3-4-14-8)15(11,12)13/h1-2,5,9H,3-4H2,(H2,11,12,13)/t9-/m0/s1. The Kier molecular flexibility index (Phi) is 2.74. The Morgan fingerprint density at radius 3 is 2.87 bits per heavy atom. The Balaban J connectivity index is 2.55. The third-order valence-electron chi connectivity index (χ3n) is 2.35. The Labute approximate surface area is 96.6 Å². The van der Waals surface area contributed by atoms with Gasteiger partial charge in [0.1, 0.15) is 11.0 Å². The van der Waals surface area contributed by atoms with E-state index < -0.39 is 15.3 Å². The monoisotopic (exact) mass is 291 g/mol. The summed E-state index contributed by atoms with van der Waals surface area (Å²) in [6.07, 6.45) is 0.405. The molecule has 0 aliphatic carbocycles. The van der Waals surface area contributed by atoms with Crippen LogP contribution in [0, 0.1) is 0 Å². The van der Waals surface area contributed by atoms with Crippen LogP contribution in [0.5, 0.6) is 5.75 Å². The number of fused-ring (bicyclic) bond motifs is 1. The third kappa shape index (κ3) is 2.16. The first-order valence-corrected chi connectivity index (χ1v) is 6.82. The maximum absolute atomic E-state index is 11.4. The second-order valence-corrected chi connectivity index (χ2v) is 6.06.